The van der Waals surface area contributed by atoms with Gasteiger partial charge in [0.05, 0.1) is 24.0 Å². The molecule has 1 heterocycles. The highest BCUT2D eigenvalue weighted by atomic mass is 32.2. The summed E-state index contributed by atoms with van der Waals surface area (Å²) in [4.78, 5) is 25.3. The van der Waals surface area contributed by atoms with Gasteiger partial charge >= 0.3 is 12.1 Å². The van der Waals surface area contributed by atoms with Gasteiger partial charge in [-0.3, -0.25) is 9.59 Å². The van der Waals surface area contributed by atoms with E-state index in [9.17, 15) is 31.2 Å². The molecule has 1 saturated heterocycles. The minimum Gasteiger partial charge on any atom is -0.469 e. The van der Waals surface area contributed by atoms with Gasteiger partial charge in [0.2, 0.25) is 15.9 Å². The molecule has 1 aromatic carbocycles. The van der Waals surface area contributed by atoms with Crippen molar-refractivity contribution in [1.82, 2.24) is 9.21 Å². The third-order valence-corrected chi connectivity index (χ3v) is 7.28. The first kappa shape index (κ1) is 26.1. The van der Waals surface area contributed by atoms with E-state index in [0.29, 0.717) is 6.54 Å². The van der Waals surface area contributed by atoms with Gasteiger partial charge in [-0.1, -0.05) is 26.0 Å². The van der Waals surface area contributed by atoms with Crippen molar-refractivity contribution >= 4 is 21.9 Å². The summed E-state index contributed by atoms with van der Waals surface area (Å²) in [6.45, 7) is 4.39. The molecular weight excluding hydrogens is 449 g/mol. The van der Waals surface area contributed by atoms with Crippen LogP contribution in [0, 0.1) is 11.8 Å². The number of esters is 1. The molecule has 0 N–H and O–H groups in total. The highest BCUT2D eigenvalue weighted by Gasteiger charge is 2.40. The number of halogens is 3. The number of sulfonamides is 1. The van der Waals surface area contributed by atoms with Crippen LogP contribution in [0.25, 0.3) is 0 Å². The number of amides is 1. The number of alkyl halides is 3. The lowest BCUT2D eigenvalue weighted by Crippen LogP contribution is -2.46. The zero-order valence-electron chi connectivity index (χ0n) is 18.4. The Balaban J connectivity index is 2.11. The van der Waals surface area contributed by atoms with Crippen molar-refractivity contribution in [3.05, 3.63) is 29.8 Å². The Morgan fingerprint density at radius 1 is 1.19 bits per heavy atom. The number of hydrogen-bond donors (Lipinski definition) is 0. The van der Waals surface area contributed by atoms with Gasteiger partial charge in [0.25, 0.3) is 0 Å². The normalized spacial score (nSPS) is 16.2. The number of nitrogens with zero attached hydrogens (tertiary/aromatic N) is 2. The molecule has 1 aliphatic heterocycles. The number of carbonyl (C=O) groups excluding carboxylic acids is 2. The van der Waals surface area contributed by atoms with Gasteiger partial charge in [0.15, 0.2) is 0 Å². The molecule has 1 amide bonds. The van der Waals surface area contributed by atoms with Gasteiger partial charge in [0, 0.05) is 32.1 Å². The molecule has 2 rings (SSSR count). The van der Waals surface area contributed by atoms with Crippen LogP contribution in [-0.2, 0) is 30.5 Å². The van der Waals surface area contributed by atoms with Crippen molar-refractivity contribution in [3.63, 3.8) is 0 Å². The predicted molar refractivity (Wildman–Crippen MR) is 111 cm³/mol. The lowest BCUT2D eigenvalue weighted by atomic mass is 9.96. The molecule has 1 aromatic rings. The van der Waals surface area contributed by atoms with Crippen molar-refractivity contribution in [2.24, 2.45) is 11.8 Å². The Bertz CT molecular complexity index is 910. The summed E-state index contributed by atoms with van der Waals surface area (Å²) in [7, 11) is -3.09. The molecular formula is C21H29F3N2O5S. The number of benzene rings is 1. The minimum absolute atomic E-state index is 0.0520. The number of methoxy groups -OCH3 is 1. The summed E-state index contributed by atoms with van der Waals surface area (Å²) in [5.41, 5.74) is -1.20. The van der Waals surface area contributed by atoms with E-state index in [0.717, 1.165) is 22.5 Å². The molecule has 7 nitrogen and oxygen atoms in total. The molecule has 1 fully saturated rings. The smallest absolute Gasteiger partial charge is 0.417 e. The minimum atomic E-state index is -4.80. The van der Waals surface area contributed by atoms with Crippen LogP contribution >= 0.6 is 0 Å². The van der Waals surface area contributed by atoms with Crippen LogP contribution in [-0.4, -0.2) is 62.8 Å². The van der Waals surface area contributed by atoms with Crippen LogP contribution in [0.3, 0.4) is 0 Å². The van der Waals surface area contributed by atoms with Gasteiger partial charge in [-0.2, -0.15) is 17.5 Å². The number of piperidine rings is 1. The topological polar surface area (TPSA) is 84.0 Å². The van der Waals surface area contributed by atoms with Gasteiger partial charge < -0.3 is 9.64 Å². The summed E-state index contributed by atoms with van der Waals surface area (Å²) < 4.78 is 71.3. The zero-order valence-corrected chi connectivity index (χ0v) is 19.2. The molecule has 1 aliphatic rings. The quantitative estimate of drug-likeness (QED) is 0.536. The molecule has 0 radical (unpaired) electrons. The molecule has 0 atom stereocenters. The van der Waals surface area contributed by atoms with E-state index >= 15 is 0 Å². The van der Waals surface area contributed by atoms with Crippen LogP contribution in [0.1, 0.15) is 38.7 Å². The molecule has 0 aliphatic carbocycles. The molecule has 32 heavy (non-hydrogen) atoms. The van der Waals surface area contributed by atoms with Crippen molar-refractivity contribution in [2.75, 3.05) is 33.3 Å². The Hall–Kier alpha value is -2.14. The molecule has 0 bridgehead atoms. The third kappa shape index (κ3) is 6.44. The average Bonchev–Trinajstić information content (AvgIpc) is 2.75. The largest absolute Gasteiger partial charge is 0.469 e. The Kier molecular flexibility index (Phi) is 8.69. The first-order valence-electron chi connectivity index (χ1n) is 10.4. The van der Waals surface area contributed by atoms with E-state index in [1.807, 2.05) is 13.8 Å². The summed E-state index contributed by atoms with van der Waals surface area (Å²) in [5, 5.41) is 0. The summed E-state index contributed by atoms with van der Waals surface area (Å²) in [6, 6.07) is 4.09. The summed E-state index contributed by atoms with van der Waals surface area (Å²) >= 11 is 0. The van der Waals surface area contributed by atoms with Crippen LogP contribution < -0.4 is 0 Å². The number of carbonyl (C=O) groups is 2. The number of rotatable bonds is 8. The van der Waals surface area contributed by atoms with E-state index in [1.54, 1.807) is 4.90 Å². The highest BCUT2D eigenvalue weighted by molar-refractivity contribution is 7.89. The maximum absolute atomic E-state index is 13.3. The van der Waals surface area contributed by atoms with E-state index < -0.39 is 38.5 Å². The first-order valence-corrected chi connectivity index (χ1v) is 11.8. The van der Waals surface area contributed by atoms with E-state index in [4.69, 9.17) is 0 Å². The molecule has 0 spiro atoms. The van der Waals surface area contributed by atoms with Crippen LogP contribution in [0.15, 0.2) is 29.2 Å². The second-order valence-electron chi connectivity index (χ2n) is 8.18. The summed E-state index contributed by atoms with van der Waals surface area (Å²) in [6.07, 6.45) is -4.36. The number of hydrogen-bond acceptors (Lipinski definition) is 5. The van der Waals surface area contributed by atoms with Crippen molar-refractivity contribution in [3.8, 4) is 0 Å². The fraction of sp³-hybridized carbons (Fsp3) is 0.619. The van der Waals surface area contributed by atoms with Gasteiger partial charge in [-0.25, -0.2) is 8.42 Å². The molecule has 0 saturated carbocycles. The zero-order chi connectivity index (χ0) is 24.1. The Morgan fingerprint density at radius 2 is 1.78 bits per heavy atom. The fourth-order valence-electron chi connectivity index (χ4n) is 3.73. The maximum atomic E-state index is 13.3. The van der Waals surface area contributed by atoms with Crippen LogP contribution in [0.2, 0.25) is 0 Å². The van der Waals surface area contributed by atoms with Crippen LogP contribution in [0.4, 0.5) is 13.2 Å². The molecule has 180 valence electrons. The first-order chi connectivity index (χ1) is 14.9. The van der Waals surface area contributed by atoms with Gasteiger partial charge in [0.1, 0.15) is 0 Å². The monoisotopic (exact) mass is 478 g/mol. The van der Waals surface area contributed by atoms with Crippen LogP contribution in [0.5, 0.6) is 0 Å². The fourth-order valence-corrected chi connectivity index (χ4v) is 5.41. The summed E-state index contributed by atoms with van der Waals surface area (Å²) in [5.74, 6) is -0.919. The molecule has 0 aromatic heterocycles. The van der Waals surface area contributed by atoms with E-state index in [1.165, 1.54) is 13.2 Å². The Morgan fingerprint density at radius 3 is 2.31 bits per heavy atom. The lowest BCUT2D eigenvalue weighted by molar-refractivity contribution is -0.143. The van der Waals surface area contributed by atoms with Crippen molar-refractivity contribution < 1.29 is 35.9 Å². The van der Waals surface area contributed by atoms with E-state index in [-0.39, 0.29) is 50.7 Å². The standard InChI is InChI=1S/C21H29F3N2O5S/c1-15(2)14-25(11-10-19(27)31-3)20(28)16-8-12-26(13-9-16)32(29,30)18-7-5-4-6-17(18)21(22,23)24/h4-7,15-16H,8-14H2,1-3H3. The second kappa shape index (κ2) is 10.7. The Labute approximate surface area is 186 Å². The number of ether oxygens (including phenoxy) is 1. The van der Waals surface area contributed by atoms with Crippen molar-refractivity contribution in [2.45, 2.75) is 44.2 Å². The van der Waals surface area contributed by atoms with E-state index in [2.05, 4.69) is 4.74 Å². The second-order valence-corrected chi connectivity index (χ2v) is 10.1. The van der Waals surface area contributed by atoms with Gasteiger partial charge in [-0.05, 0) is 30.9 Å². The highest BCUT2D eigenvalue weighted by Crippen LogP contribution is 2.36. The predicted octanol–water partition coefficient (Wildman–Crippen LogP) is 3.15. The average molecular weight is 479 g/mol. The SMILES string of the molecule is COC(=O)CCN(CC(C)C)C(=O)C1CCN(S(=O)(=O)c2ccccc2C(F)(F)F)CC1. The molecule has 0 unspecified atom stereocenters. The molecule has 11 heteroatoms. The lowest BCUT2D eigenvalue weighted by Gasteiger charge is -2.34. The third-order valence-electron chi connectivity index (χ3n) is 5.32. The maximum Gasteiger partial charge on any atom is 0.417 e. The van der Waals surface area contributed by atoms with Gasteiger partial charge in [-0.15, -0.1) is 0 Å². The van der Waals surface area contributed by atoms with Crippen molar-refractivity contribution in [1.29, 1.82) is 0 Å².